The summed E-state index contributed by atoms with van der Waals surface area (Å²) in [5, 5.41) is 3.11. The summed E-state index contributed by atoms with van der Waals surface area (Å²) in [5.41, 5.74) is 2.52. The third-order valence-corrected chi connectivity index (χ3v) is 2.63. The van der Waals surface area contributed by atoms with Gasteiger partial charge in [-0.2, -0.15) is 0 Å². The van der Waals surface area contributed by atoms with Crippen LogP contribution in [0.25, 0.3) is 0 Å². The summed E-state index contributed by atoms with van der Waals surface area (Å²) in [5.74, 6) is 0.910. The van der Waals surface area contributed by atoms with E-state index in [0.717, 1.165) is 12.2 Å². The molecule has 2 rings (SSSR count). The summed E-state index contributed by atoms with van der Waals surface area (Å²) in [7, 11) is 1.87. The largest absolute Gasteiger partial charge is 0.283 e. The van der Waals surface area contributed by atoms with Crippen LogP contribution in [-0.4, -0.2) is 14.8 Å². The highest BCUT2D eigenvalue weighted by Gasteiger charge is 2.01. The molecule has 0 bridgehead atoms. The van der Waals surface area contributed by atoms with E-state index in [9.17, 15) is 0 Å². The van der Waals surface area contributed by atoms with Gasteiger partial charge in [0.2, 0.25) is 4.77 Å². The molecule has 2 aromatic rings. The van der Waals surface area contributed by atoms with E-state index < -0.39 is 0 Å². The van der Waals surface area contributed by atoms with Crippen molar-refractivity contribution >= 4 is 12.2 Å². The van der Waals surface area contributed by atoms with Gasteiger partial charge in [0.05, 0.1) is 0 Å². The van der Waals surface area contributed by atoms with Crippen molar-refractivity contribution in [1.82, 2.24) is 14.8 Å². The Morgan fingerprint density at radius 2 is 2.27 bits per heavy atom. The number of H-pyrrole nitrogens is 1. The maximum absolute atomic E-state index is 5.04. The van der Waals surface area contributed by atoms with E-state index in [1.807, 2.05) is 7.05 Å². The molecule has 0 aliphatic heterocycles. The highest BCUT2D eigenvalue weighted by molar-refractivity contribution is 7.71. The lowest BCUT2D eigenvalue weighted by atomic mass is 10.1. The Morgan fingerprint density at radius 1 is 1.47 bits per heavy atom. The van der Waals surface area contributed by atoms with Crippen LogP contribution < -0.4 is 0 Å². The second kappa shape index (κ2) is 3.98. The molecule has 1 heterocycles. The number of rotatable bonds is 2. The zero-order valence-electron chi connectivity index (χ0n) is 8.82. The van der Waals surface area contributed by atoms with Crippen LogP contribution in [0, 0.1) is 11.7 Å². The van der Waals surface area contributed by atoms with Crippen LogP contribution in [-0.2, 0) is 13.5 Å². The Bertz CT molecular complexity index is 525. The van der Waals surface area contributed by atoms with Crippen molar-refractivity contribution in [3.05, 3.63) is 46.0 Å². The molecular weight excluding hydrogens is 206 g/mol. The first-order valence-corrected chi connectivity index (χ1v) is 5.23. The molecule has 0 saturated heterocycles. The van der Waals surface area contributed by atoms with Crippen LogP contribution >= 0.6 is 12.2 Å². The number of aryl methyl sites for hydroxylation is 2. The molecule has 1 aromatic heterocycles. The fraction of sp³-hybridized carbons (Fsp3) is 0.273. The van der Waals surface area contributed by atoms with Crippen molar-refractivity contribution in [3.8, 4) is 0 Å². The molecule has 0 saturated carbocycles. The van der Waals surface area contributed by atoms with Crippen molar-refractivity contribution in [2.24, 2.45) is 7.05 Å². The second-order valence-electron chi connectivity index (χ2n) is 3.68. The molecule has 0 aliphatic rings. The summed E-state index contributed by atoms with van der Waals surface area (Å²) in [6.45, 7) is 2.09. The van der Waals surface area contributed by atoms with Crippen molar-refractivity contribution in [1.29, 1.82) is 0 Å². The summed E-state index contributed by atoms with van der Waals surface area (Å²) >= 11 is 5.04. The lowest BCUT2D eigenvalue weighted by Crippen LogP contribution is -1.94. The molecule has 0 unspecified atom stereocenters. The third kappa shape index (κ3) is 2.33. The van der Waals surface area contributed by atoms with Crippen molar-refractivity contribution in [2.45, 2.75) is 13.3 Å². The first-order chi connectivity index (χ1) is 7.15. The van der Waals surface area contributed by atoms with Gasteiger partial charge < -0.3 is 0 Å². The SMILES string of the molecule is Cc1cccc(Cc2nc(=S)n(C)[nH]2)c1. The number of benzene rings is 1. The Balaban J connectivity index is 2.25. The van der Waals surface area contributed by atoms with Crippen LogP contribution in [0.2, 0.25) is 0 Å². The molecule has 4 heteroatoms. The minimum absolute atomic E-state index is 0.595. The summed E-state index contributed by atoms with van der Waals surface area (Å²) in [6, 6.07) is 8.40. The monoisotopic (exact) mass is 219 g/mol. The van der Waals surface area contributed by atoms with Gasteiger partial charge in [-0.3, -0.25) is 9.78 Å². The molecule has 15 heavy (non-hydrogen) atoms. The van der Waals surface area contributed by atoms with Crippen LogP contribution in [0.1, 0.15) is 17.0 Å². The van der Waals surface area contributed by atoms with Gasteiger partial charge in [-0.15, -0.1) is 0 Å². The van der Waals surface area contributed by atoms with E-state index in [1.165, 1.54) is 11.1 Å². The van der Waals surface area contributed by atoms with Crippen molar-refractivity contribution < 1.29 is 0 Å². The van der Waals surface area contributed by atoms with Gasteiger partial charge in [-0.1, -0.05) is 29.8 Å². The molecule has 0 radical (unpaired) electrons. The minimum Gasteiger partial charge on any atom is -0.283 e. The molecule has 0 amide bonds. The smallest absolute Gasteiger partial charge is 0.215 e. The predicted molar refractivity (Wildman–Crippen MR) is 62.4 cm³/mol. The first-order valence-electron chi connectivity index (χ1n) is 4.82. The van der Waals surface area contributed by atoms with Crippen molar-refractivity contribution in [3.63, 3.8) is 0 Å². The molecule has 3 nitrogen and oxygen atoms in total. The molecule has 0 atom stereocenters. The van der Waals surface area contributed by atoms with Gasteiger partial charge in [0.15, 0.2) is 0 Å². The third-order valence-electron chi connectivity index (χ3n) is 2.27. The van der Waals surface area contributed by atoms with Gasteiger partial charge in [0.25, 0.3) is 0 Å². The molecular formula is C11H13N3S. The average molecular weight is 219 g/mol. The van der Waals surface area contributed by atoms with E-state index in [2.05, 4.69) is 41.3 Å². The maximum atomic E-state index is 5.04. The molecule has 78 valence electrons. The Labute approximate surface area is 93.8 Å². The quantitative estimate of drug-likeness (QED) is 0.787. The molecule has 0 fully saturated rings. The van der Waals surface area contributed by atoms with Crippen LogP contribution in [0.4, 0.5) is 0 Å². The van der Waals surface area contributed by atoms with Crippen LogP contribution in [0.15, 0.2) is 24.3 Å². The molecule has 0 spiro atoms. The van der Waals surface area contributed by atoms with E-state index in [4.69, 9.17) is 12.2 Å². The number of nitrogens with zero attached hydrogens (tertiary/aromatic N) is 2. The normalized spacial score (nSPS) is 10.5. The number of aromatic nitrogens is 3. The zero-order valence-corrected chi connectivity index (χ0v) is 9.64. The highest BCUT2D eigenvalue weighted by Crippen LogP contribution is 2.07. The average Bonchev–Trinajstić information content (AvgIpc) is 2.45. The van der Waals surface area contributed by atoms with E-state index in [0.29, 0.717) is 4.77 Å². The summed E-state index contributed by atoms with van der Waals surface area (Å²) in [6.07, 6.45) is 0.798. The second-order valence-corrected chi connectivity index (χ2v) is 4.04. The van der Waals surface area contributed by atoms with Gasteiger partial charge in [-0.25, -0.2) is 4.98 Å². The van der Waals surface area contributed by atoms with Gasteiger partial charge in [0, 0.05) is 13.5 Å². The lowest BCUT2D eigenvalue weighted by Gasteiger charge is -1.99. The van der Waals surface area contributed by atoms with E-state index >= 15 is 0 Å². The molecule has 1 aromatic carbocycles. The Morgan fingerprint density at radius 3 is 2.87 bits per heavy atom. The Hall–Kier alpha value is -1.42. The van der Waals surface area contributed by atoms with E-state index in [1.54, 1.807) is 4.68 Å². The fourth-order valence-electron chi connectivity index (χ4n) is 1.55. The maximum Gasteiger partial charge on any atom is 0.215 e. The standard InChI is InChI=1S/C11H13N3S/c1-8-4-3-5-9(6-8)7-10-12-11(15)14(2)13-10/h3-6H,7H2,1-2H3,(H,12,13,15). The van der Waals surface area contributed by atoms with E-state index in [-0.39, 0.29) is 0 Å². The van der Waals surface area contributed by atoms with Crippen molar-refractivity contribution in [2.75, 3.05) is 0 Å². The molecule has 0 aliphatic carbocycles. The summed E-state index contributed by atoms with van der Waals surface area (Å²) < 4.78 is 2.35. The Kier molecular flexibility index (Phi) is 2.68. The number of hydrogen-bond acceptors (Lipinski definition) is 2. The molecule has 1 N–H and O–H groups in total. The predicted octanol–water partition coefficient (Wildman–Crippen LogP) is 2.38. The van der Waals surface area contributed by atoms with Crippen LogP contribution in [0.3, 0.4) is 0 Å². The lowest BCUT2D eigenvalue weighted by molar-refractivity contribution is 0.740. The van der Waals surface area contributed by atoms with Gasteiger partial charge in [0.1, 0.15) is 5.82 Å². The number of aromatic amines is 1. The van der Waals surface area contributed by atoms with Gasteiger partial charge >= 0.3 is 0 Å². The first kappa shape index (κ1) is 10.1. The highest BCUT2D eigenvalue weighted by atomic mass is 32.1. The van der Waals surface area contributed by atoms with Gasteiger partial charge in [-0.05, 0) is 24.7 Å². The number of hydrogen-bond donors (Lipinski definition) is 1. The van der Waals surface area contributed by atoms with Crippen LogP contribution in [0.5, 0.6) is 0 Å². The fourth-order valence-corrected chi connectivity index (χ4v) is 1.71. The zero-order chi connectivity index (χ0) is 10.8. The summed E-state index contributed by atoms with van der Waals surface area (Å²) in [4.78, 5) is 4.26. The minimum atomic E-state index is 0.595. The topological polar surface area (TPSA) is 33.6 Å². The number of nitrogens with one attached hydrogen (secondary N) is 1.